The molecule has 0 aliphatic rings. The van der Waals surface area contributed by atoms with Gasteiger partial charge in [-0.25, -0.2) is 0 Å². The average Bonchev–Trinajstić information content (AvgIpc) is 2.47. The van der Waals surface area contributed by atoms with Crippen LogP contribution in [0.25, 0.3) is 0 Å². The van der Waals surface area contributed by atoms with E-state index in [2.05, 4.69) is 10.3 Å². The van der Waals surface area contributed by atoms with Crippen molar-refractivity contribution < 1.29 is 9.90 Å². The van der Waals surface area contributed by atoms with Crippen molar-refractivity contribution in [1.29, 1.82) is 0 Å². The summed E-state index contributed by atoms with van der Waals surface area (Å²) in [6.07, 6.45) is 4.58. The fourth-order valence-corrected chi connectivity index (χ4v) is 1.72. The van der Waals surface area contributed by atoms with Crippen molar-refractivity contribution in [2.24, 2.45) is 0 Å². The van der Waals surface area contributed by atoms with Crippen LogP contribution in [-0.2, 0) is 17.8 Å². The molecule has 0 fully saturated rings. The van der Waals surface area contributed by atoms with Gasteiger partial charge in [-0.1, -0.05) is 18.2 Å². The third kappa shape index (κ3) is 4.19. The second-order valence-corrected chi connectivity index (χ2v) is 4.26. The molecule has 4 heteroatoms. The molecule has 1 amide bonds. The fourth-order valence-electron chi connectivity index (χ4n) is 1.72. The summed E-state index contributed by atoms with van der Waals surface area (Å²) in [5, 5.41) is 11.7. The van der Waals surface area contributed by atoms with Gasteiger partial charge in [0.15, 0.2) is 0 Å². The van der Waals surface area contributed by atoms with Crippen LogP contribution in [0.5, 0.6) is 0 Å². The van der Waals surface area contributed by atoms with E-state index in [0.717, 1.165) is 16.8 Å². The van der Waals surface area contributed by atoms with E-state index in [0.29, 0.717) is 12.8 Å². The quantitative estimate of drug-likeness (QED) is 0.861. The number of aliphatic hydroxyl groups excluding tert-OH is 1. The van der Waals surface area contributed by atoms with Crippen LogP contribution in [0.1, 0.15) is 17.5 Å². The average molecular weight is 256 g/mol. The van der Waals surface area contributed by atoms with E-state index in [1.165, 1.54) is 0 Å². The lowest BCUT2D eigenvalue weighted by molar-refractivity contribution is -0.116. The first-order valence-electron chi connectivity index (χ1n) is 6.16. The summed E-state index contributed by atoms with van der Waals surface area (Å²) in [5.74, 6) is -0.0272. The lowest BCUT2D eigenvalue weighted by atomic mass is 10.1. The van der Waals surface area contributed by atoms with Gasteiger partial charge >= 0.3 is 0 Å². The third-order valence-corrected chi connectivity index (χ3v) is 2.78. The van der Waals surface area contributed by atoms with E-state index in [1.54, 1.807) is 36.7 Å². The maximum absolute atomic E-state index is 11.8. The summed E-state index contributed by atoms with van der Waals surface area (Å²) in [6.45, 7) is 0.00916. The number of nitrogens with zero attached hydrogens (tertiary/aromatic N) is 1. The van der Waals surface area contributed by atoms with Gasteiger partial charge in [-0.3, -0.25) is 9.78 Å². The van der Waals surface area contributed by atoms with E-state index in [9.17, 15) is 4.79 Å². The summed E-state index contributed by atoms with van der Waals surface area (Å²) < 4.78 is 0. The highest BCUT2D eigenvalue weighted by molar-refractivity contribution is 5.90. The minimum absolute atomic E-state index is 0.00916. The van der Waals surface area contributed by atoms with Crippen LogP contribution in [0.3, 0.4) is 0 Å². The predicted octanol–water partition coefficient (Wildman–Crippen LogP) is 2.15. The number of aliphatic hydroxyl groups is 1. The second-order valence-electron chi connectivity index (χ2n) is 4.26. The number of aryl methyl sites for hydroxylation is 1. The number of hydrogen-bond acceptors (Lipinski definition) is 3. The Labute approximate surface area is 112 Å². The van der Waals surface area contributed by atoms with Crippen molar-refractivity contribution in [3.63, 3.8) is 0 Å². The molecule has 0 aliphatic heterocycles. The molecule has 2 aromatic rings. The number of carbonyl (C=O) groups excluding carboxylic acids is 1. The topological polar surface area (TPSA) is 62.2 Å². The highest BCUT2D eigenvalue weighted by atomic mass is 16.3. The minimum Gasteiger partial charge on any atom is -0.392 e. The van der Waals surface area contributed by atoms with E-state index in [4.69, 9.17) is 5.11 Å². The maximum Gasteiger partial charge on any atom is 0.224 e. The maximum atomic E-state index is 11.8. The zero-order valence-corrected chi connectivity index (χ0v) is 10.5. The summed E-state index contributed by atoms with van der Waals surface area (Å²) >= 11 is 0. The molecular weight excluding hydrogens is 240 g/mol. The monoisotopic (exact) mass is 256 g/mol. The van der Waals surface area contributed by atoms with Crippen molar-refractivity contribution in [2.45, 2.75) is 19.4 Å². The van der Waals surface area contributed by atoms with Gasteiger partial charge in [-0.2, -0.15) is 0 Å². The molecule has 0 saturated heterocycles. The number of rotatable bonds is 5. The number of amides is 1. The van der Waals surface area contributed by atoms with Crippen LogP contribution in [0.2, 0.25) is 0 Å². The lowest BCUT2D eigenvalue weighted by Gasteiger charge is -2.06. The fraction of sp³-hybridized carbons (Fsp3) is 0.200. The van der Waals surface area contributed by atoms with Crippen molar-refractivity contribution in [1.82, 2.24) is 4.98 Å². The van der Waals surface area contributed by atoms with Crippen molar-refractivity contribution in [3.8, 4) is 0 Å². The molecule has 0 radical (unpaired) electrons. The molecule has 4 nitrogen and oxygen atoms in total. The molecule has 2 N–H and O–H groups in total. The van der Waals surface area contributed by atoms with Crippen LogP contribution in [0, 0.1) is 0 Å². The molecule has 2 rings (SSSR count). The third-order valence-electron chi connectivity index (χ3n) is 2.78. The van der Waals surface area contributed by atoms with Crippen LogP contribution in [-0.4, -0.2) is 16.0 Å². The van der Waals surface area contributed by atoms with Crippen molar-refractivity contribution >= 4 is 11.6 Å². The standard InChI is InChI=1S/C15H16N2O2/c18-11-13-3-6-14(7-4-13)17-15(19)8-5-12-2-1-9-16-10-12/h1-4,6-7,9-10,18H,5,8,11H2,(H,17,19). The number of benzene rings is 1. The van der Waals surface area contributed by atoms with Gasteiger partial charge in [0.05, 0.1) is 6.61 Å². The Kier molecular flexibility index (Phi) is 4.64. The summed E-state index contributed by atoms with van der Waals surface area (Å²) in [6, 6.07) is 11.0. The van der Waals surface area contributed by atoms with Crippen LogP contribution in [0.15, 0.2) is 48.8 Å². The van der Waals surface area contributed by atoms with Crippen LogP contribution in [0.4, 0.5) is 5.69 Å². The number of aromatic nitrogens is 1. The molecular formula is C15H16N2O2. The molecule has 0 aliphatic carbocycles. The van der Waals surface area contributed by atoms with E-state index < -0.39 is 0 Å². The summed E-state index contributed by atoms with van der Waals surface area (Å²) in [7, 11) is 0. The van der Waals surface area contributed by atoms with Crippen LogP contribution >= 0.6 is 0 Å². The highest BCUT2D eigenvalue weighted by Crippen LogP contribution is 2.10. The van der Waals surface area contributed by atoms with E-state index >= 15 is 0 Å². The minimum atomic E-state index is -0.0272. The second kappa shape index (κ2) is 6.66. The first kappa shape index (κ1) is 13.2. The number of anilines is 1. The van der Waals surface area contributed by atoms with E-state index in [-0.39, 0.29) is 12.5 Å². The Balaban J connectivity index is 1.83. The van der Waals surface area contributed by atoms with Gasteiger partial charge in [0.25, 0.3) is 0 Å². The molecule has 0 bridgehead atoms. The smallest absolute Gasteiger partial charge is 0.224 e. The molecule has 1 aromatic carbocycles. The first-order chi connectivity index (χ1) is 9.28. The van der Waals surface area contributed by atoms with Gasteiger partial charge in [0.1, 0.15) is 0 Å². The molecule has 1 heterocycles. The van der Waals surface area contributed by atoms with Crippen LogP contribution < -0.4 is 5.32 Å². The van der Waals surface area contributed by atoms with Crippen molar-refractivity contribution in [3.05, 3.63) is 59.9 Å². The summed E-state index contributed by atoms with van der Waals surface area (Å²) in [5.41, 5.74) is 2.62. The largest absolute Gasteiger partial charge is 0.392 e. The number of hydrogen-bond donors (Lipinski definition) is 2. The Morgan fingerprint density at radius 3 is 2.58 bits per heavy atom. The number of nitrogens with one attached hydrogen (secondary N) is 1. The molecule has 0 atom stereocenters. The Morgan fingerprint density at radius 1 is 1.16 bits per heavy atom. The zero-order valence-electron chi connectivity index (χ0n) is 10.5. The van der Waals surface area contributed by atoms with Crippen molar-refractivity contribution in [2.75, 3.05) is 5.32 Å². The normalized spacial score (nSPS) is 10.2. The number of carbonyl (C=O) groups is 1. The molecule has 0 spiro atoms. The Hall–Kier alpha value is -2.20. The Morgan fingerprint density at radius 2 is 1.95 bits per heavy atom. The highest BCUT2D eigenvalue weighted by Gasteiger charge is 2.03. The first-order valence-corrected chi connectivity index (χ1v) is 6.16. The van der Waals surface area contributed by atoms with Gasteiger partial charge in [0.2, 0.25) is 5.91 Å². The van der Waals surface area contributed by atoms with E-state index in [1.807, 2.05) is 12.1 Å². The van der Waals surface area contributed by atoms with Gasteiger partial charge in [-0.15, -0.1) is 0 Å². The summed E-state index contributed by atoms with van der Waals surface area (Å²) in [4.78, 5) is 15.8. The van der Waals surface area contributed by atoms with Gasteiger partial charge < -0.3 is 10.4 Å². The molecule has 0 unspecified atom stereocenters. The zero-order chi connectivity index (χ0) is 13.5. The van der Waals surface area contributed by atoms with Gasteiger partial charge in [0, 0.05) is 24.5 Å². The predicted molar refractivity (Wildman–Crippen MR) is 73.6 cm³/mol. The lowest BCUT2D eigenvalue weighted by Crippen LogP contribution is -2.12. The molecule has 0 saturated carbocycles. The van der Waals surface area contributed by atoms with Gasteiger partial charge in [-0.05, 0) is 35.7 Å². The Bertz CT molecular complexity index is 524. The molecule has 1 aromatic heterocycles. The SMILES string of the molecule is O=C(CCc1cccnc1)Nc1ccc(CO)cc1. The molecule has 98 valence electrons. The number of pyridine rings is 1. The molecule has 19 heavy (non-hydrogen) atoms.